The lowest BCUT2D eigenvalue weighted by atomic mass is 9.98. The van der Waals surface area contributed by atoms with Crippen molar-refractivity contribution < 1.29 is 0 Å². The van der Waals surface area contributed by atoms with E-state index in [1.807, 2.05) is 0 Å². The fourth-order valence-corrected chi connectivity index (χ4v) is 2.22. The molecule has 0 bridgehead atoms. The fraction of sp³-hybridized carbons (Fsp3) is 0.400. The number of nitrogen functional groups attached to an aromatic ring is 1. The van der Waals surface area contributed by atoms with Crippen LogP contribution in [-0.2, 0) is 0 Å². The summed E-state index contributed by atoms with van der Waals surface area (Å²) in [5.41, 5.74) is 6.33. The third-order valence-electron chi connectivity index (χ3n) is 2.10. The van der Waals surface area contributed by atoms with Crippen LogP contribution >= 0.6 is 35.0 Å². The van der Waals surface area contributed by atoms with Crippen LogP contribution in [0.5, 0.6) is 0 Å². The van der Waals surface area contributed by atoms with Crippen LogP contribution in [0.15, 0.2) is 12.1 Å². The van der Waals surface area contributed by atoms with Crippen LogP contribution in [0.25, 0.3) is 0 Å². The summed E-state index contributed by atoms with van der Waals surface area (Å²) in [6.07, 6.45) is 0. The molecule has 0 spiro atoms. The Bertz CT molecular complexity index is 313. The minimum atomic E-state index is 0. The van der Waals surface area contributed by atoms with Crippen molar-refractivity contribution in [3.63, 3.8) is 0 Å². The molecule has 1 aromatic rings. The first-order chi connectivity index (χ1) is 6.06. The molecular formula is C10H16ClIN2. The molecule has 80 valence electrons. The van der Waals surface area contributed by atoms with Gasteiger partial charge in [0, 0.05) is 3.57 Å². The van der Waals surface area contributed by atoms with Crippen molar-refractivity contribution in [3.8, 4) is 0 Å². The smallest absolute Gasteiger partial charge is 0.0549 e. The normalized spacial score (nSPS) is 9.86. The number of hydrazine groups is 1. The summed E-state index contributed by atoms with van der Waals surface area (Å²) in [7, 11) is 0. The monoisotopic (exact) mass is 326 g/mol. The third-order valence-corrected chi connectivity index (χ3v) is 2.72. The second-order valence-corrected chi connectivity index (χ2v) is 4.73. The maximum absolute atomic E-state index is 5.49. The van der Waals surface area contributed by atoms with Gasteiger partial charge in [0.25, 0.3) is 0 Å². The number of anilines is 1. The third kappa shape index (κ3) is 3.00. The fourth-order valence-electron chi connectivity index (χ4n) is 1.42. The zero-order valence-corrected chi connectivity index (χ0v) is 11.6. The number of hydrogen-bond acceptors (Lipinski definition) is 2. The minimum absolute atomic E-state index is 0. The topological polar surface area (TPSA) is 38.0 Å². The van der Waals surface area contributed by atoms with Gasteiger partial charge in [0.2, 0.25) is 0 Å². The van der Waals surface area contributed by atoms with E-state index in [9.17, 15) is 0 Å². The molecule has 14 heavy (non-hydrogen) atoms. The number of nitrogens with two attached hydrogens (primary N) is 1. The number of hydrogen-bond donors (Lipinski definition) is 2. The van der Waals surface area contributed by atoms with Crippen LogP contribution in [-0.4, -0.2) is 0 Å². The summed E-state index contributed by atoms with van der Waals surface area (Å²) in [5.74, 6) is 5.99. The molecule has 0 heterocycles. The van der Waals surface area contributed by atoms with Crippen molar-refractivity contribution in [1.29, 1.82) is 0 Å². The molecule has 0 aromatic heterocycles. The van der Waals surface area contributed by atoms with Gasteiger partial charge in [-0.05, 0) is 58.7 Å². The van der Waals surface area contributed by atoms with Gasteiger partial charge in [0.15, 0.2) is 0 Å². The van der Waals surface area contributed by atoms with Crippen molar-refractivity contribution in [2.24, 2.45) is 5.84 Å². The quantitative estimate of drug-likeness (QED) is 0.496. The molecule has 0 unspecified atom stereocenters. The molecule has 0 saturated heterocycles. The highest BCUT2D eigenvalue weighted by molar-refractivity contribution is 14.1. The average molecular weight is 327 g/mol. The van der Waals surface area contributed by atoms with Gasteiger partial charge in [-0.2, -0.15) is 0 Å². The van der Waals surface area contributed by atoms with Gasteiger partial charge in [-0.3, -0.25) is 5.84 Å². The highest BCUT2D eigenvalue weighted by atomic mass is 127. The van der Waals surface area contributed by atoms with E-state index >= 15 is 0 Å². The molecule has 1 aromatic carbocycles. The van der Waals surface area contributed by atoms with Crippen molar-refractivity contribution in [2.45, 2.75) is 26.7 Å². The Hall–Kier alpha value is -0.0000000000000000555. The first-order valence-corrected chi connectivity index (χ1v) is 5.40. The molecule has 4 heteroatoms. The standard InChI is InChI=1S/C10H15IN2.ClH/c1-6(2)9-5-8(11)4-7(3)10(9)13-12;/h4-6,13H,12H2,1-3H3;1H. The van der Waals surface area contributed by atoms with E-state index in [0.717, 1.165) is 5.69 Å². The molecule has 0 aliphatic rings. The molecule has 0 aliphatic carbocycles. The van der Waals surface area contributed by atoms with Crippen LogP contribution in [0, 0.1) is 10.5 Å². The Kier molecular flexibility index (Phi) is 5.78. The van der Waals surface area contributed by atoms with Crippen molar-refractivity contribution in [2.75, 3.05) is 5.43 Å². The number of aryl methyl sites for hydroxylation is 1. The maximum Gasteiger partial charge on any atom is 0.0549 e. The SMILES string of the molecule is Cc1cc(I)cc(C(C)C)c1NN.Cl. The first-order valence-electron chi connectivity index (χ1n) is 4.33. The summed E-state index contributed by atoms with van der Waals surface area (Å²) in [5, 5.41) is 0. The van der Waals surface area contributed by atoms with Crippen molar-refractivity contribution in [1.82, 2.24) is 0 Å². The van der Waals surface area contributed by atoms with Crippen LogP contribution in [0.4, 0.5) is 5.69 Å². The Labute approximate surface area is 105 Å². The van der Waals surface area contributed by atoms with Crippen LogP contribution in [0.3, 0.4) is 0 Å². The molecule has 3 N–H and O–H groups in total. The average Bonchev–Trinajstić information content (AvgIpc) is 2.02. The highest BCUT2D eigenvalue weighted by Crippen LogP contribution is 2.28. The molecule has 0 aliphatic heterocycles. The Morgan fingerprint density at radius 2 is 1.93 bits per heavy atom. The second-order valence-electron chi connectivity index (χ2n) is 3.49. The van der Waals surface area contributed by atoms with Crippen LogP contribution in [0.1, 0.15) is 30.9 Å². The van der Waals surface area contributed by atoms with E-state index in [0.29, 0.717) is 5.92 Å². The Morgan fingerprint density at radius 1 is 1.36 bits per heavy atom. The summed E-state index contributed by atoms with van der Waals surface area (Å²) < 4.78 is 1.26. The lowest BCUT2D eigenvalue weighted by Gasteiger charge is -2.15. The minimum Gasteiger partial charge on any atom is -0.324 e. The molecule has 0 atom stereocenters. The van der Waals surface area contributed by atoms with Crippen molar-refractivity contribution >= 4 is 40.7 Å². The van der Waals surface area contributed by atoms with Crippen LogP contribution in [0.2, 0.25) is 0 Å². The van der Waals surface area contributed by atoms with Gasteiger partial charge < -0.3 is 5.43 Å². The van der Waals surface area contributed by atoms with E-state index in [-0.39, 0.29) is 12.4 Å². The number of nitrogens with one attached hydrogen (secondary N) is 1. The molecule has 0 radical (unpaired) electrons. The largest absolute Gasteiger partial charge is 0.324 e. The lowest BCUT2D eigenvalue weighted by molar-refractivity contribution is 0.864. The molecule has 1 rings (SSSR count). The Morgan fingerprint density at radius 3 is 2.36 bits per heavy atom. The van der Waals surface area contributed by atoms with Gasteiger partial charge in [0.1, 0.15) is 0 Å². The number of rotatable bonds is 2. The predicted molar refractivity (Wildman–Crippen MR) is 73.0 cm³/mol. The maximum atomic E-state index is 5.49. The van der Waals surface area contributed by atoms with E-state index in [2.05, 4.69) is 60.9 Å². The van der Waals surface area contributed by atoms with E-state index < -0.39 is 0 Å². The Balaban J connectivity index is 0.00000169. The first kappa shape index (κ1) is 14.0. The summed E-state index contributed by atoms with van der Waals surface area (Å²) in [4.78, 5) is 0. The molecule has 0 amide bonds. The zero-order chi connectivity index (χ0) is 10.0. The van der Waals surface area contributed by atoms with E-state index in [1.54, 1.807) is 0 Å². The van der Waals surface area contributed by atoms with Gasteiger partial charge in [-0.1, -0.05) is 13.8 Å². The molecule has 0 saturated carbocycles. The number of halogens is 2. The second kappa shape index (κ2) is 5.78. The summed E-state index contributed by atoms with van der Waals surface area (Å²) >= 11 is 2.33. The molecule has 2 nitrogen and oxygen atoms in total. The van der Waals surface area contributed by atoms with E-state index in [4.69, 9.17) is 5.84 Å². The summed E-state index contributed by atoms with van der Waals surface area (Å²) in [6, 6.07) is 4.30. The highest BCUT2D eigenvalue weighted by Gasteiger charge is 2.09. The zero-order valence-electron chi connectivity index (χ0n) is 8.60. The van der Waals surface area contributed by atoms with Crippen LogP contribution < -0.4 is 11.3 Å². The van der Waals surface area contributed by atoms with Crippen molar-refractivity contribution in [3.05, 3.63) is 26.8 Å². The van der Waals surface area contributed by atoms with E-state index in [1.165, 1.54) is 14.7 Å². The summed E-state index contributed by atoms with van der Waals surface area (Å²) in [6.45, 7) is 6.42. The van der Waals surface area contributed by atoms with Gasteiger partial charge >= 0.3 is 0 Å². The number of benzene rings is 1. The molecule has 0 fully saturated rings. The predicted octanol–water partition coefficient (Wildman–Crippen LogP) is 3.43. The van der Waals surface area contributed by atoms with Gasteiger partial charge in [-0.15, -0.1) is 12.4 Å². The molecular weight excluding hydrogens is 310 g/mol. The van der Waals surface area contributed by atoms with Gasteiger partial charge in [0.05, 0.1) is 5.69 Å². The van der Waals surface area contributed by atoms with Gasteiger partial charge in [-0.25, -0.2) is 0 Å². The lowest BCUT2D eigenvalue weighted by Crippen LogP contribution is -2.11.